The number of fused-ring (bicyclic) bond motifs is 2. The van der Waals surface area contributed by atoms with Crippen LogP contribution in [0.5, 0.6) is 0 Å². The molecule has 2 fully saturated rings. The van der Waals surface area contributed by atoms with Gasteiger partial charge in [-0.1, -0.05) is 12.1 Å². The maximum absolute atomic E-state index is 12.5. The highest BCUT2D eigenvalue weighted by atomic mass is 32.1. The van der Waals surface area contributed by atoms with Gasteiger partial charge in [0.05, 0.1) is 4.88 Å². The third-order valence-electron chi connectivity index (χ3n) is 5.16. The van der Waals surface area contributed by atoms with E-state index in [1.54, 1.807) is 18.2 Å². The second kappa shape index (κ2) is 7.21. The summed E-state index contributed by atoms with van der Waals surface area (Å²) in [6.07, 6.45) is -3.80. The van der Waals surface area contributed by atoms with Gasteiger partial charge in [-0.3, -0.25) is 9.59 Å². The first-order chi connectivity index (χ1) is 13.3. The number of benzene rings is 1. The minimum atomic E-state index is -4.93. The largest absolute Gasteiger partial charge is 0.471 e. The zero-order chi connectivity index (χ0) is 19.9. The molecule has 0 saturated carbocycles. The van der Waals surface area contributed by atoms with Gasteiger partial charge < -0.3 is 15.5 Å². The SMILES string of the molecule is O=C(N[C@H]1CN2CC[C@H]1C2)c1ccc(-c2ccc(NC(=O)C(F)(F)F)cc2)s1. The molecule has 2 bridgehead atoms. The van der Waals surface area contributed by atoms with Gasteiger partial charge in [-0.05, 0) is 48.7 Å². The number of amides is 2. The Morgan fingerprint density at radius 1 is 1.07 bits per heavy atom. The lowest BCUT2D eigenvalue weighted by molar-refractivity contribution is -0.167. The molecule has 5 nitrogen and oxygen atoms in total. The number of carbonyl (C=O) groups excluding carboxylic acids is 2. The Hall–Kier alpha value is -2.39. The molecule has 9 heteroatoms. The number of piperidine rings is 1. The lowest BCUT2D eigenvalue weighted by Gasteiger charge is -2.22. The first kappa shape index (κ1) is 18.9. The maximum Gasteiger partial charge on any atom is 0.471 e. The molecule has 2 N–H and O–H groups in total. The standard InChI is InChI=1S/C19H18F3N3O2S/c20-19(21,22)18(27)23-13-3-1-11(2-4-13)15-5-6-16(28-15)17(26)24-14-10-25-8-7-12(14)9-25/h1-6,12,14H,7-10H2,(H,23,27)(H,24,26)/t12-,14-/m0/s1. The van der Waals surface area contributed by atoms with Crippen molar-refractivity contribution in [1.29, 1.82) is 0 Å². The zero-order valence-corrected chi connectivity index (χ0v) is 15.6. The smallest absolute Gasteiger partial charge is 0.347 e. The summed E-state index contributed by atoms with van der Waals surface area (Å²) in [6.45, 7) is 3.07. The van der Waals surface area contributed by atoms with Crippen LogP contribution >= 0.6 is 11.3 Å². The normalized spacial score (nSPS) is 23.6. The zero-order valence-electron chi connectivity index (χ0n) is 14.8. The van der Waals surface area contributed by atoms with Gasteiger partial charge in [0.15, 0.2) is 0 Å². The van der Waals surface area contributed by atoms with E-state index in [9.17, 15) is 22.8 Å². The number of carbonyl (C=O) groups is 2. The number of rotatable bonds is 4. The van der Waals surface area contributed by atoms with Crippen molar-refractivity contribution in [3.05, 3.63) is 41.3 Å². The lowest BCUT2D eigenvalue weighted by atomic mass is 10.00. The summed E-state index contributed by atoms with van der Waals surface area (Å²) >= 11 is 1.33. The minimum Gasteiger partial charge on any atom is -0.347 e. The molecule has 2 aliphatic heterocycles. The van der Waals surface area contributed by atoms with Crippen LogP contribution in [0, 0.1) is 5.92 Å². The fourth-order valence-electron chi connectivity index (χ4n) is 3.72. The van der Waals surface area contributed by atoms with Crippen molar-refractivity contribution in [2.75, 3.05) is 25.0 Å². The maximum atomic E-state index is 12.5. The van der Waals surface area contributed by atoms with E-state index < -0.39 is 12.1 Å². The number of nitrogens with zero attached hydrogens (tertiary/aromatic N) is 1. The molecule has 148 valence electrons. The average Bonchev–Trinajstić information content (AvgIpc) is 3.38. The number of alkyl halides is 3. The quantitative estimate of drug-likeness (QED) is 0.814. The van der Waals surface area contributed by atoms with E-state index in [0.717, 1.165) is 36.5 Å². The molecule has 3 atom stereocenters. The number of halogens is 3. The van der Waals surface area contributed by atoms with E-state index in [-0.39, 0.29) is 17.6 Å². The van der Waals surface area contributed by atoms with Crippen LogP contribution in [0.25, 0.3) is 10.4 Å². The van der Waals surface area contributed by atoms with Gasteiger partial charge >= 0.3 is 12.1 Å². The molecule has 2 aromatic rings. The summed E-state index contributed by atoms with van der Waals surface area (Å²) in [7, 11) is 0. The Morgan fingerprint density at radius 3 is 2.43 bits per heavy atom. The molecular formula is C19H18F3N3O2S. The molecule has 0 aliphatic carbocycles. The van der Waals surface area contributed by atoms with Crippen LogP contribution in [0.4, 0.5) is 18.9 Å². The highest BCUT2D eigenvalue weighted by Gasteiger charge is 2.39. The van der Waals surface area contributed by atoms with Crippen LogP contribution in [0.1, 0.15) is 16.1 Å². The topological polar surface area (TPSA) is 61.4 Å². The van der Waals surface area contributed by atoms with Gasteiger partial charge in [-0.25, -0.2) is 0 Å². The summed E-state index contributed by atoms with van der Waals surface area (Å²) in [5.74, 6) is -1.57. The molecule has 2 aliphatic rings. The van der Waals surface area contributed by atoms with E-state index in [4.69, 9.17) is 0 Å². The van der Waals surface area contributed by atoms with Crippen molar-refractivity contribution in [3.8, 4) is 10.4 Å². The van der Waals surface area contributed by atoms with E-state index in [1.165, 1.54) is 23.5 Å². The number of anilines is 1. The van der Waals surface area contributed by atoms with Crippen molar-refractivity contribution in [2.45, 2.75) is 18.6 Å². The van der Waals surface area contributed by atoms with Gasteiger partial charge in [-0.2, -0.15) is 13.2 Å². The van der Waals surface area contributed by atoms with Crippen molar-refractivity contribution in [3.63, 3.8) is 0 Å². The van der Waals surface area contributed by atoms with Crippen LogP contribution in [-0.4, -0.2) is 48.6 Å². The van der Waals surface area contributed by atoms with E-state index >= 15 is 0 Å². The Bertz CT molecular complexity index is 895. The van der Waals surface area contributed by atoms with Crippen molar-refractivity contribution >= 4 is 28.8 Å². The molecular weight excluding hydrogens is 391 g/mol. The van der Waals surface area contributed by atoms with E-state index in [0.29, 0.717) is 10.8 Å². The Labute approximate surface area is 163 Å². The van der Waals surface area contributed by atoms with Gasteiger partial charge in [0.1, 0.15) is 0 Å². The Kier molecular flexibility index (Phi) is 4.88. The van der Waals surface area contributed by atoms with Crippen LogP contribution in [0.15, 0.2) is 36.4 Å². The summed E-state index contributed by atoms with van der Waals surface area (Å²) in [5.41, 5.74) is 0.826. The predicted molar refractivity (Wildman–Crippen MR) is 100 cm³/mol. The van der Waals surface area contributed by atoms with Gasteiger partial charge in [0.25, 0.3) is 5.91 Å². The van der Waals surface area contributed by atoms with Gasteiger partial charge in [0, 0.05) is 29.7 Å². The molecule has 3 heterocycles. The molecule has 1 unspecified atom stereocenters. The highest BCUT2D eigenvalue weighted by molar-refractivity contribution is 7.17. The Balaban J connectivity index is 1.39. The number of hydrogen-bond donors (Lipinski definition) is 2. The summed E-state index contributed by atoms with van der Waals surface area (Å²) in [6, 6.07) is 9.80. The van der Waals surface area contributed by atoms with Crippen LogP contribution < -0.4 is 10.6 Å². The molecule has 1 aromatic carbocycles. The first-order valence-electron chi connectivity index (χ1n) is 8.91. The molecule has 28 heavy (non-hydrogen) atoms. The second-order valence-electron chi connectivity index (χ2n) is 7.08. The van der Waals surface area contributed by atoms with Crippen molar-refractivity contribution < 1.29 is 22.8 Å². The average molecular weight is 409 g/mol. The molecule has 2 amide bonds. The minimum absolute atomic E-state index is 0.0619. The van der Waals surface area contributed by atoms with Crippen LogP contribution in [0.2, 0.25) is 0 Å². The first-order valence-corrected chi connectivity index (χ1v) is 9.73. The third kappa shape index (κ3) is 3.90. The lowest BCUT2D eigenvalue weighted by Crippen LogP contribution is -2.42. The molecule has 1 aromatic heterocycles. The summed E-state index contributed by atoms with van der Waals surface area (Å²) in [4.78, 5) is 27.3. The van der Waals surface area contributed by atoms with Crippen molar-refractivity contribution in [2.24, 2.45) is 5.92 Å². The van der Waals surface area contributed by atoms with Gasteiger partial charge in [0.2, 0.25) is 0 Å². The van der Waals surface area contributed by atoms with Crippen LogP contribution in [-0.2, 0) is 4.79 Å². The van der Waals surface area contributed by atoms with Gasteiger partial charge in [-0.15, -0.1) is 11.3 Å². The molecule has 0 spiro atoms. The monoisotopic (exact) mass is 409 g/mol. The fourth-order valence-corrected chi connectivity index (χ4v) is 4.64. The van der Waals surface area contributed by atoms with Crippen molar-refractivity contribution in [1.82, 2.24) is 10.2 Å². The summed E-state index contributed by atoms with van der Waals surface area (Å²) in [5, 5.41) is 4.92. The Morgan fingerprint density at radius 2 is 1.82 bits per heavy atom. The fraction of sp³-hybridized carbons (Fsp3) is 0.368. The number of hydrogen-bond acceptors (Lipinski definition) is 4. The van der Waals surface area contributed by atoms with E-state index in [2.05, 4.69) is 10.2 Å². The van der Waals surface area contributed by atoms with E-state index in [1.807, 2.05) is 11.4 Å². The molecule has 4 rings (SSSR count). The second-order valence-corrected chi connectivity index (χ2v) is 8.17. The molecule has 2 saturated heterocycles. The number of nitrogens with one attached hydrogen (secondary N) is 2. The molecule has 0 radical (unpaired) electrons. The summed E-state index contributed by atoms with van der Waals surface area (Å²) < 4.78 is 36.9. The predicted octanol–water partition coefficient (Wildman–Crippen LogP) is 3.35. The number of thiophene rings is 1. The third-order valence-corrected chi connectivity index (χ3v) is 6.30. The van der Waals surface area contributed by atoms with Crippen LogP contribution in [0.3, 0.4) is 0 Å². The highest BCUT2D eigenvalue weighted by Crippen LogP contribution is 2.31.